The predicted octanol–water partition coefficient (Wildman–Crippen LogP) is 6.71. The minimum atomic E-state index is -1.26. The summed E-state index contributed by atoms with van der Waals surface area (Å²) in [5.74, 6) is 0.458. The second kappa shape index (κ2) is 9.91. The quantitative estimate of drug-likeness (QED) is 0.271. The average Bonchev–Trinajstić information content (AvgIpc) is 3.29. The van der Waals surface area contributed by atoms with Gasteiger partial charge in [-0.05, 0) is 41.3 Å². The van der Waals surface area contributed by atoms with Crippen molar-refractivity contribution in [2.45, 2.75) is 24.9 Å². The Morgan fingerprint density at radius 1 is 0.816 bits per heavy atom. The first-order chi connectivity index (χ1) is 18.7. The number of fused-ring (bicyclic) bond motifs is 3. The van der Waals surface area contributed by atoms with Crippen LogP contribution in [0, 0.1) is 11.3 Å². The fourth-order valence-corrected chi connectivity index (χ4v) is 5.69. The number of carbonyl (C=O) groups excluding carboxylic acids is 1. The lowest BCUT2D eigenvalue weighted by molar-refractivity contribution is 0.0957. The average molecular weight is 498 g/mol. The molecule has 1 aliphatic rings. The molecule has 0 unspecified atom stereocenters. The van der Waals surface area contributed by atoms with Crippen molar-refractivity contribution in [2.75, 3.05) is 6.54 Å². The fraction of sp³-hybridized carbons (Fsp3) is 0.152. The van der Waals surface area contributed by atoms with Crippen LogP contribution < -0.4 is 4.74 Å². The zero-order valence-electron chi connectivity index (χ0n) is 21.0. The maximum absolute atomic E-state index is 13.8. The number of nitriles is 1. The summed E-state index contributed by atoms with van der Waals surface area (Å²) in [6.45, 7) is 0.981. The molecular formula is C33H27N3O2. The molecule has 0 radical (unpaired) electrons. The van der Waals surface area contributed by atoms with E-state index in [1.165, 1.54) is 0 Å². The number of hydrogen-bond acceptors (Lipinski definition) is 3. The molecular weight excluding hydrogens is 470 g/mol. The number of hydrogen-bond donors (Lipinski definition) is 0. The molecule has 1 aromatic heterocycles. The Hall–Kier alpha value is -4.82. The number of benzene rings is 4. The molecule has 0 bridgehead atoms. The topological polar surface area (TPSA) is 58.3 Å². The van der Waals surface area contributed by atoms with Gasteiger partial charge in [-0.1, -0.05) is 97.1 Å². The third-order valence-corrected chi connectivity index (χ3v) is 7.35. The van der Waals surface area contributed by atoms with Crippen molar-refractivity contribution in [3.63, 3.8) is 0 Å². The van der Waals surface area contributed by atoms with Gasteiger partial charge in [0.05, 0.1) is 11.8 Å². The van der Waals surface area contributed by atoms with Crippen LogP contribution in [0.4, 0.5) is 4.79 Å². The van der Waals surface area contributed by atoms with E-state index in [4.69, 9.17) is 4.74 Å². The van der Waals surface area contributed by atoms with Crippen LogP contribution in [0.1, 0.15) is 22.4 Å². The molecule has 2 heterocycles. The zero-order valence-corrected chi connectivity index (χ0v) is 21.0. The second-order valence-corrected chi connectivity index (χ2v) is 9.63. The Morgan fingerprint density at radius 2 is 1.42 bits per heavy atom. The highest BCUT2D eigenvalue weighted by atomic mass is 16.6. The van der Waals surface area contributed by atoms with Crippen LogP contribution in [0.3, 0.4) is 0 Å². The molecule has 4 aromatic carbocycles. The monoisotopic (exact) mass is 497 g/mol. The van der Waals surface area contributed by atoms with Crippen molar-refractivity contribution < 1.29 is 9.53 Å². The molecule has 0 N–H and O–H groups in total. The van der Waals surface area contributed by atoms with Crippen LogP contribution in [0.15, 0.2) is 115 Å². The summed E-state index contributed by atoms with van der Waals surface area (Å²) in [4.78, 5) is 15.4. The van der Waals surface area contributed by atoms with Crippen LogP contribution in [-0.2, 0) is 24.9 Å². The third kappa shape index (κ3) is 4.10. The third-order valence-electron chi connectivity index (χ3n) is 7.35. The van der Waals surface area contributed by atoms with Gasteiger partial charge < -0.3 is 9.30 Å². The van der Waals surface area contributed by atoms with Crippen LogP contribution in [0.2, 0.25) is 0 Å². The number of ether oxygens (including phenoxy) is 1. The van der Waals surface area contributed by atoms with Gasteiger partial charge in [0.25, 0.3) is 0 Å². The first-order valence-corrected chi connectivity index (χ1v) is 12.8. The lowest BCUT2D eigenvalue weighted by Gasteiger charge is -2.42. The highest BCUT2D eigenvalue weighted by Crippen LogP contribution is 2.43. The summed E-state index contributed by atoms with van der Waals surface area (Å²) in [5, 5.41) is 12.2. The van der Waals surface area contributed by atoms with E-state index in [1.807, 2.05) is 78.9 Å². The van der Waals surface area contributed by atoms with Crippen molar-refractivity contribution in [1.29, 1.82) is 5.26 Å². The molecule has 1 amide bonds. The Labute approximate surface area is 222 Å². The summed E-state index contributed by atoms with van der Waals surface area (Å²) >= 11 is 0. The number of para-hydroxylation sites is 2. The smallest absolute Gasteiger partial charge is 0.410 e. The van der Waals surface area contributed by atoms with Crippen molar-refractivity contribution in [2.24, 2.45) is 0 Å². The van der Waals surface area contributed by atoms with Crippen LogP contribution >= 0.6 is 0 Å². The van der Waals surface area contributed by atoms with E-state index in [9.17, 15) is 10.1 Å². The Kier molecular flexibility index (Phi) is 6.15. The molecule has 0 aliphatic carbocycles. The molecule has 0 saturated carbocycles. The van der Waals surface area contributed by atoms with E-state index in [2.05, 4.69) is 34.9 Å². The van der Waals surface area contributed by atoms with Gasteiger partial charge in [-0.2, -0.15) is 5.26 Å². The maximum atomic E-state index is 13.8. The van der Waals surface area contributed by atoms with Crippen LogP contribution in [-0.4, -0.2) is 22.1 Å². The van der Waals surface area contributed by atoms with E-state index in [0.717, 1.165) is 33.3 Å². The molecule has 5 aromatic rings. The molecule has 0 saturated heterocycles. The molecule has 5 nitrogen and oxygen atoms in total. The molecule has 0 fully saturated rings. The Bertz CT molecular complexity index is 1620. The number of amides is 1. The number of nitrogens with zero attached hydrogens (tertiary/aromatic N) is 3. The van der Waals surface area contributed by atoms with Gasteiger partial charge in [-0.15, -0.1) is 0 Å². The van der Waals surface area contributed by atoms with Gasteiger partial charge >= 0.3 is 6.09 Å². The number of aromatic nitrogens is 1. The Balaban J connectivity index is 1.56. The normalized spacial score (nSPS) is 16.6. The largest absolute Gasteiger partial charge is 0.416 e. The SMILES string of the molecule is N#C[C@]1(Cc2ccccc2)c2c(c3ccccc3n2Cc2ccccc2)CCN1C(=O)Oc1ccccc1. The van der Waals surface area contributed by atoms with E-state index in [1.54, 1.807) is 17.0 Å². The summed E-state index contributed by atoms with van der Waals surface area (Å²) in [7, 11) is 0. The van der Waals surface area contributed by atoms with E-state index >= 15 is 0 Å². The maximum Gasteiger partial charge on any atom is 0.416 e. The van der Waals surface area contributed by atoms with Gasteiger partial charge in [0.15, 0.2) is 5.54 Å². The van der Waals surface area contributed by atoms with Gasteiger partial charge in [-0.25, -0.2) is 4.79 Å². The minimum Gasteiger partial charge on any atom is -0.410 e. The van der Waals surface area contributed by atoms with Gasteiger partial charge in [-0.3, -0.25) is 4.90 Å². The molecule has 1 aliphatic heterocycles. The molecule has 38 heavy (non-hydrogen) atoms. The zero-order chi connectivity index (χ0) is 26.0. The molecule has 186 valence electrons. The molecule has 5 heteroatoms. The second-order valence-electron chi connectivity index (χ2n) is 9.63. The fourth-order valence-electron chi connectivity index (χ4n) is 5.69. The van der Waals surface area contributed by atoms with E-state index < -0.39 is 11.6 Å². The van der Waals surface area contributed by atoms with Crippen molar-refractivity contribution in [1.82, 2.24) is 9.47 Å². The highest BCUT2D eigenvalue weighted by molar-refractivity contribution is 5.88. The van der Waals surface area contributed by atoms with Crippen molar-refractivity contribution in [3.05, 3.63) is 138 Å². The lowest BCUT2D eigenvalue weighted by atomic mass is 9.81. The molecule has 6 rings (SSSR count). The van der Waals surface area contributed by atoms with Crippen LogP contribution in [0.5, 0.6) is 5.75 Å². The first-order valence-electron chi connectivity index (χ1n) is 12.8. The minimum absolute atomic E-state index is 0.354. The van der Waals surface area contributed by atoms with E-state index in [0.29, 0.717) is 31.7 Å². The summed E-state index contributed by atoms with van der Waals surface area (Å²) in [6, 6.07) is 40.1. The summed E-state index contributed by atoms with van der Waals surface area (Å²) < 4.78 is 8.05. The van der Waals surface area contributed by atoms with Gasteiger partial charge in [0, 0.05) is 30.4 Å². The van der Waals surface area contributed by atoms with Crippen LogP contribution in [0.25, 0.3) is 10.9 Å². The van der Waals surface area contributed by atoms with Crippen molar-refractivity contribution >= 4 is 17.0 Å². The molecule has 0 spiro atoms. The summed E-state index contributed by atoms with van der Waals surface area (Å²) in [6.07, 6.45) is 0.474. The first kappa shape index (κ1) is 23.6. The van der Waals surface area contributed by atoms with Crippen molar-refractivity contribution in [3.8, 4) is 11.8 Å². The summed E-state index contributed by atoms with van der Waals surface area (Å²) in [5.41, 5.74) is 3.91. The standard InChI is InChI=1S/C33H27N3O2/c34-24-33(22-25-12-4-1-5-13-25)31-29(20-21-36(33)32(37)38-27-16-8-3-9-17-27)28-18-10-11-19-30(28)35(31)23-26-14-6-2-7-15-26/h1-19H,20-23H2/t33-/m1/s1. The predicted molar refractivity (Wildman–Crippen MR) is 148 cm³/mol. The lowest BCUT2D eigenvalue weighted by Crippen LogP contribution is -2.55. The highest BCUT2D eigenvalue weighted by Gasteiger charge is 2.50. The molecule has 1 atom stereocenters. The van der Waals surface area contributed by atoms with Gasteiger partial charge in [0.1, 0.15) is 5.75 Å². The number of carbonyl (C=O) groups is 1. The van der Waals surface area contributed by atoms with Gasteiger partial charge in [0.2, 0.25) is 0 Å². The Morgan fingerprint density at radius 3 is 2.11 bits per heavy atom. The van der Waals surface area contributed by atoms with E-state index in [-0.39, 0.29) is 0 Å². The number of rotatable bonds is 5.